The van der Waals surface area contributed by atoms with E-state index in [1.54, 1.807) is 0 Å². The van der Waals surface area contributed by atoms with Crippen molar-refractivity contribution < 1.29 is 4.79 Å². The summed E-state index contributed by atoms with van der Waals surface area (Å²) in [5.74, 6) is 0.690. The van der Waals surface area contributed by atoms with Crippen molar-refractivity contribution in [3.05, 3.63) is 35.9 Å². The van der Waals surface area contributed by atoms with Gasteiger partial charge < -0.3 is 11.1 Å². The Hall–Kier alpha value is -2.14. The molecule has 3 N–H and O–H groups in total. The Morgan fingerprint density at radius 2 is 2.29 bits per heavy atom. The van der Waals surface area contributed by atoms with Crippen molar-refractivity contribution in [3.63, 3.8) is 0 Å². The van der Waals surface area contributed by atoms with Crippen LogP contribution in [0.2, 0.25) is 0 Å². The molecule has 2 heterocycles. The Labute approximate surface area is 124 Å². The molecule has 5 nitrogen and oxygen atoms in total. The lowest BCUT2D eigenvalue weighted by Crippen LogP contribution is -2.27. The van der Waals surface area contributed by atoms with E-state index in [-0.39, 0.29) is 11.8 Å². The first-order valence-electron chi connectivity index (χ1n) is 7.25. The van der Waals surface area contributed by atoms with E-state index in [1.165, 1.54) is 0 Å². The monoisotopic (exact) mass is 284 g/mol. The molecule has 0 bridgehead atoms. The molecule has 1 atom stereocenters. The molecule has 1 aromatic carbocycles. The van der Waals surface area contributed by atoms with Gasteiger partial charge in [-0.05, 0) is 25.1 Å². The van der Waals surface area contributed by atoms with Crippen LogP contribution in [0.25, 0.3) is 10.9 Å². The number of hydrogen-bond donors (Lipinski definition) is 2. The topological polar surface area (TPSA) is 71.2 Å². The summed E-state index contributed by atoms with van der Waals surface area (Å²) in [7, 11) is 1.89. The van der Waals surface area contributed by atoms with Crippen LogP contribution in [0, 0.1) is 5.92 Å². The minimum absolute atomic E-state index is 0.0172. The van der Waals surface area contributed by atoms with E-state index >= 15 is 0 Å². The van der Waals surface area contributed by atoms with Crippen LogP contribution >= 0.6 is 0 Å². The number of para-hydroxylation sites is 1. The summed E-state index contributed by atoms with van der Waals surface area (Å²) in [5, 5.41) is 4.30. The second kappa shape index (κ2) is 5.69. The van der Waals surface area contributed by atoms with Crippen LogP contribution < -0.4 is 11.1 Å². The smallest absolute Gasteiger partial charge is 0.221 e. The van der Waals surface area contributed by atoms with E-state index in [1.807, 2.05) is 25.2 Å². The van der Waals surface area contributed by atoms with Gasteiger partial charge in [-0.25, -0.2) is 4.98 Å². The van der Waals surface area contributed by atoms with E-state index in [0.717, 1.165) is 48.3 Å². The van der Waals surface area contributed by atoms with Gasteiger partial charge in [0.05, 0.1) is 11.4 Å². The molecule has 5 heteroatoms. The number of nitrogens with one attached hydrogen (secondary N) is 1. The van der Waals surface area contributed by atoms with Crippen molar-refractivity contribution in [2.45, 2.75) is 13.0 Å². The van der Waals surface area contributed by atoms with Crippen molar-refractivity contribution in [1.29, 1.82) is 0 Å². The standard InChI is InChI=1S/C16H20N4O/c1-18-16-13(8-11-4-2-3-5-14(11)19-16)10-20-7-6-12(9-20)15(17)21/h2-5,8,12H,6-7,9-10H2,1H3,(H2,17,21)(H,18,19). The number of amides is 1. The SMILES string of the molecule is CNc1nc2ccccc2cc1CN1CCC(C(N)=O)C1. The third-order valence-corrected chi connectivity index (χ3v) is 4.11. The second-order valence-electron chi connectivity index (χ2n) is 5.56. The Bertz CT molecular complexity index is 670. The molecule has 1 saturated heterocycles. The summed E-state index contributed by atoms with van der Waals surface area (Å²) < 4.78 is 0. The van der Waals surface area contributed by atoms with Gasteiger partial charge in [-0.2, -0.15) is 0 Å². The number of rotatable bonds is 4. The average molecular weight is 284 g/mol. The number of nitrogens with zero attached hydrogens (tertiary/aromatic N) is 2. The lowest BCUT2D eigenvalue weighted by atomic mass is 10.1. The molecule has 110 valence electrons. The van der Waals surface area contributed by atoms with E-state index in [2.05, 4.69) is 27.3 Å². The van der Waals surface area contributed by atoms with E-state index in [0.29, 0.717) is 0 Å². The quantitative estimate of drug-likeness (QED) is 0.894. The molecule has 1 amide bonds. The summed E-state index contributed by atoms with van der Waals surface area (Å²) in [4.78, 5) is 18.2. The normalized spacial score (nSPS) is 19.0. The molecule has 21 heavy (non-hydrogen) atoms. The van der Waals surface area contributed by atoms with Crippen molar-refractivity contribution in [1.82, 2.24) is 9.88 Å². The molecule has 1 aliphatic heterocycles. The van der Waals surface area contributed by atoms with Gasteiger partial charge in [-0.3, -0.25) is 9.69 Å². The Kier molecular flexibility index (Phi) is 3.75. The number of anilines is 1. The first-order chi connectivity index (χ1) is 10.2. The summed E-state index contributed by atoms with van der Waals surface area (Å²) in [5.41, 5.74) is 7.54. The third-order valence-electron chi connectivity index (χ3n) is 4.11. The van der Waals surface area contributed by atoms with Gasteiger partial charge in [0.15, 0.2) is 0 Å². The molecule has 1 fully saturated rings. The predicted octanol–water partition coefficient (Wildman–Crippen LogP) is 1.58. The fraction of sp³-hybridized carbons (Fsp3) is 0.375. The van der Waals surface area contributed by atoms with Gasteiger partial charge in [0, 0.05) is 31.1 Å². The number of benzene rings is 1. The number of nitrogens with two attached hydrogens (primary N) is 1. The number of primary amides is 1. The number of carbonyl (C=O) groups excluding carboxylic acids is 1. The largest absolute Gasteiger partial charge is 0.373 e. The highest BCUT2D eigenvalue weighted by molar-refractivity contribution is 5.81. The van der Waals surface area contributed by atoms with Gasteiger partial charge in [0.25, 0.3) is 0 Å². The fourth-order valence-corrected chi connectivity index (χ4v) is 2.95. The van der Waals surface area contributed by atoms with Crippen LogP contribution in [0.3, 0.4) is 0 Å². The van der Waals surface area contributed by atoms with Crippen LogP contribution in [0.4, 0.5) is 5.82 Å². The first kappa shape index (κ1) is 13.8. The van der Waals surface area contributed by atoms with Crippen LogP contribution in [-0.4, -0.2) is 35.9 Å². The van der Waals surface area contributed by atoms with Crippen LogP contribution in [0.15, 0.2) is 30.3 Å². The zero-order valence-corrected chi connectivity index (χ0v) is 12.2. The number of pyridine rings is 1. The Morgan fingerprint density at radius 1 is 1.48 bits per heavy atom. The zero-order chi connectivity index (χ0) is 14.8. The summed E-state index contributed by atoms with van der Waals surface area (Å²) in [6.07, 6.45) is 0.852. The van der Waals surface area contributed by atoms with Crippen LogP contribution in [-0.2, 0) is 11.3 Å². The van der Waals surface area contributed by atoms with Gasteiger partial charge >= 0.3 is 0 Å². The first-order valence-corrected chi connectivity index (χ1v) is 7.25. The van der Waals surface area contributed by atoms with Crippen molar-refractivity contribution in [2.75, 3.05) is 25.5 Å². The number of carbonyl (C=O) groups is 1. The zero-order valence-electron chi connectivity index (χ0n) is 12.2. The summed E-state index contributed by atoms with van der Waals surface area (Å²) >= 11 is 0. The number of likely N-dealkylation sites (tertiary alicyclic amines) is 1. The molecule has 1 aromatic heterocycles. The predicted molar refractivity (Wildman–Crippen MR) is 83.9 cm³/mol. The molecule has 0 radical (unpaired) electrons. The van der Waals surface area contributed by atoms with Crippen LogP contribution in [0.5, 0.6) is 0 Å². The fourth-order valence-electron chi connectivity index (χ4n) is 2.95. The highest BCUT2D eigenvalue weighted by atomic mass is 16.1. The molecule has 0 saturated carbocycles. The van der Waals surface area contributed by atoms with Gasteiger partial charge in [0.2, 0.25) is 5.91 Å². The van der Waals surface area contributed by atoms with E-state index in [9.17, 15) is 4.79 Å². The maximum Gasteiger partial charge on any atom is 0.221 e. The lowest BCUT2D eigenvalue weighted by Gasteiger charge is -2.18. The molecular formula is C16H20N4O. The van der Waals surface area contributed by atoms with Gasteiger partial charge in [-0.1, -0.05) is 18.2 Å². The second-order valence-corrected chi connectivity index (χ2v) is 5.56. The van der Waals surface area contributed by atoms with Crippen molar-refractivity contribution in [2.24, 2.45) is 11.7 Å². The van der Waals surface area contributed by atoms with Gasteiger partial charge in [0.1, 0.15) is 5.82 Å². The highest BCUT2D eigenvalue weighted by Gasteiger charge is 2.27. The lowest BCUT2D eigenvalue weighted by molar-refractivity contribution is -0.121. The Morgan fingerprint density at radius 3 is 3.00 bits per heavy atom. The number of fused-ring (bicyclic) bond motifs is 1. The summed E-state index contributed by atoms with van der Waals surface area (Å²) in [6, 6.07) is 10.3. The molecular weight excluding hydrogens is 264 g/mol. The molecule has 0 aliphatic carbocycles. The summed E-state index contributed by atoms with van der Waals surface area (Å²) in [6.45, 7) is 2.44. The third kappa shape index (κ3) is 2.83. The van der Waals surface area contributed by atoms with Crippen molar-refractivity contribution >= 4 is 22.6 Å². The molecule has 2 aromatic rings. The van der Waals surface area contributed by atoms with Crippen LogP contribution in [0.1, 0.15) is 12.0 Å². The highest BCUT2D eigenvalue weighted by Crippen LogP contribution is 2.24. The minimum atomic E-state index is -0.192. The average Bonchev–Trinajstić information content (AvgIpc) is 2.95. The molecule has 1 aliphatic rings. The number of hydrogen-bond acceptors (Lipinski definition) is 4. The molecule has 1 unspecified atom stereocenters. The molecule has 0 spiro atoms. The minimum Gasteiger partial charge on any atom is -0.373 e. The Balaban J connectivity index is 1.84. The molecule has 3 rings (SSSR count). The van der Waals surface area contributed by atoms with Gasteiger partial charge in [-0.15, -0.1) is 0 Å². The van der Waals surface area contributed by atoms with E-state index in [4.69, 9.17) is 5.73 Å². The van der Waals surface area contributed by atoms with E-state index < -0.39 is 0 Å². The number of aromatic nitrogens is 1. The van der Waals surface area contributed by atoms with Crippen molar-refractivity contribution in [3.8, 4) is 0 Å². The maximum atomic E-state index is 11.3. The maximum absolute atomic E-state index is 11.3.